The molecule has 0 aliphatic carbocycles. The molecule has 5 heteroatoms. The molecule has 0 saturated heterocycles. The highest BCUT2D eigenvalue weighted by molar-refractivity contribution is 6.37. The van der Waals surface area contributed by atoms with Gasteiger partial charge in [0.2, 0.25) is 5.91 Å². The third-order valence-electron chi connectivity index (χ3n) is 4.34. The van der Waals surface area contributed by atoms with Crippen molar-refractivity contribution in [2.45, 2.75) is 26.3 Å². The summed E-state index contributed by atoms with van der Waals surface area (Å²) in [4.78, 5) is 17.4. The average molecular weight is 361 g/mol. The van der Waals surface area contributed by atoms with E-state index in [1.807, 2.05) is 37.3 Å². The highest BCUT2D eigenvalue weighted by atomic mass is 35.5. The van der Waals surface area contributed by atoms with Gasteiger partial charge in [0.1, 0.15) is 6.04 Å². The minimum absolute atomic E-state index is 0.102. The normalized spacial score (nSPS) is 18.2. The van der Waals surface area contributed by atoms with E-state index in [9.17, 15) is 4.79 Å². The van der Waals surface area contributed by atoms with Gasteiger partial charge in [-0.1, -0.05) is 61.7 Å². The Kier molecular flexibility index (Phi) is 4.93. The highest BCUT2D eigenvalue weighted by Gasteiger charge is 2.29. The minimum Gasteiger partial charge on any atom is -0.324 e. The molecular formula is C19H18Cl2N2O. The molecule has 1 amide bonds. The molecule has 0 fully saturated rings. The fraction of sp³-hybridized carbons (Fsp3) is 0.263. The summed E-state index contributed by atoms with van der Waals surface area (Å²) in [6.45, 7) is 4.08. The number of hydrogen-bond donors (Lipinski definition) is 1. The molecule has 2 aromatic rings. The molecule has 0 aromatic heterocycles. The second-order valence-corrected chi connectivity index (χ2v) is 6.81. The molecule has 124 valence electrons. The van der Waals surface area contributed by atoms with E-state index in [1.165, 1.54) is 0 Å². The monoisotopic (exact) mass is 360 g/mol. The summed E-state index contributed by atoms with van der Waals surface area (Å²) in [5, 5.41) is 4.16. The summed E-state index contributed by atoms with van der Waals surface area (Å²) < 4.78 is 0. The van der Waals surface area contributed by atoms with E-state index in [-0.39, 0.29) is 11.8 Å². The van der Waals surface area contributed by atoms with Gasteiger partial charge in [0, 0.05) is 21.2 Å². The van der Waals surface area contributed by atoms with E-state index in [4.69, 9.17) is 28.2 Å². The van der Waals surface area contributed by atoms with E-state index in [0.717, 1.165) is 17.5 Å². The number of halogens is 2. The molecule has 24 heavy (non-hydrogen) atoms. The molecule has 2 aromatic carbocycles. The number of rotatable bonds is 3. The third kappa shape index (κ3) is 3.19. The maximum Gasteiger partial charge on any atom is 0.249 e. The number of fused-ring (bicyclic) bond motifs is 1. The van der Waals surface area contributed by atoms with Crippen LogP contribution in [0.2, 0.25) is 10.0 Å². The maximum atomic E-state index is 12.6. The van der Waals surface area contributed by atoms with E-state index < -0.39 is 6.04 Å². The zero-order valence-electron chi connectivity index (χ0n) is 13.5. The fourth-order valence-electron chi connectivity index (χ4n) is 2.77. The van der Waals surface area contributed by atoms with Gasteiger partial charge in [0.05, 0.1) is 11.4 Å². The Morgan fingerprint density at radius 1 is 1.17 bits per heavy atom. The van der Waals surface area contributed by atoms with Crippen molar-refractivity contribution in [1.82, 2.24) is 0 Å². The van der Waals surface area contributed by atoms with Crippen molar-refractivity contribution >= 4 is 40.5 Å². The molecule has 0 radical (unpaired) electrons. The van der Waals surface area contributed by atoms with E-state index in [2.05, 4.69) is 12.2 Å². The lowest BCUT2D eigenvalue weighted by atomic mass is 9.98. The first-order valence-electron chi connectivity index (χ1n) is 7.94. The topological polar surface area (TPSA) is 41.5 Å². The Balaban J connectivity index is 2.25. The second-order valence-electron chi connectivity index (χ2n) is 5.97. The van der Waals surface area contributed by atoms with Gasteiger partial charge in [0.25, 0.3) is 0 Å². The van der Waals surface area contributed by atoms with Crippen LogP contribution in [0.5, 0.6) is 0 Å². The van der Waals surface area contributed by atoms with Gasteiger partial charge in [-0.3, -0.25) is 9.79 Å². The van der Waals surface area contributed by atoms with Crippen LogP contribution in [0.25, 0.3) is 0 Å². The van der Waals surface area contributed by atoms with Crippen molar-refractivity contribution in [3.8, 4) is 0 Å². The molecule has 0 spiro atoms. The van der Waals surface area contributed by atoms with Crippen LogP contribution in [0.1, 0.15) is 31.4 Å². The van der Waals surface area contributed by atoms with Crippen molar-refractivity contribution < 1.29 is 4.79 Å². The molecule has 2 unspecified atom stereocenters. The van der Waals surface area contributed by atoms with Crippen molar-refractivity contribution in [1.29, 1.82) is 0 Å². The van der Waals surface area contributed by atoms with Crippen molar-refractivity contribution in [2.24, 2.45) is 10.9 Å². The molecule has 3 rings (SSSR count). The Morgan fingerprint density at radius 3 is 2.62 bits per heavy atom. The number of benzodiazepines with no additional fused rings is 1. The average Bonchev–Trinajstić information content (AvgIpc) is 2.71. The number of amides is 1. The summed E-state index contributed by atoms with van der Waals surface area (Å²) in [5.41, 5.74) is 2.98. The van der Waals surface area contributed by atoms with Gasteiger partial charge in [0.15, 0.2) is 0 Å². The van der Waals surface area contributed by atoms with Gasteiger partial charge >= 0.3 is 0 Å². The number of hydrogen-bond acceptors (Lipinski definition) is 2. The SMILES string of the molecule is CCC(C)C1N=C(c2ccccc2Cl)c2cc(Cl)ccc2NC1=O. The smallest absolute Gasteiger partial charge is 0.249 e. The lowest BCUT2D eigenvalue weighted by Gasteiger charge is -2.17. The predicted molar refractivity (Wildman–Crippen MR) is 100 cm³/mol. The predicted octanol–water partition coefficient (Wildman–Crippen LogP) is 5.20. The number of aliphatic imine (C=N–C) groups is 1. The molecule has 1 aliphatic heterocycles. The number of benzene rings is 2. The zero-order valence-corrected chi connectivity index (χ0v) is 15.0. The Bertz CT molecular complexity index is 817. The molecule has 1 aliphatic rings. The Morgan fingerprint density at radius 2 is 1.92 bits per heavy atom. The van der Waals surface area contributed by atoms with Gasteiger partial charge in [-0.15, -0.1) is 0 Å². The van der Waals surface area contributed by atoms with Crippen LogP contribution >= 0.6 is 23.2 Å². The van der Waals surface area contributed by atoms with Crippen LogP contribution in [0, 0.1) is 5.92 Å². The number of nitrogens with zero attached hydrogens (tertiary/aromatic N) is 1. The summed E-state index contributed by atoms with van der Waals surface area (Å²) in [5.74, 6) is 0.0160. The number of carbonyl (C=O) groups is 1. The standard InChI is InChI=1S/C19H18Cl2N2O/c1-3-11(2)17-19(24)22-16-9-8-12(20)10-14(16)18(23-17)13-6-4-5-7-15(13)21/h4-11,17H,3H2,1-2H3,(H,22,24). The maximum absolute atomic E-state index is 12.6. The molecule has 3 nitrogen and oxygen atoms in total. The molecule has 2 atom stereocenters. The summed E-state index contributed by atoms with van der Waals surface area (Å²) in [7, 11) is 0. The molecule has 0 bridgehead atoms. The van der Waals surface area contributed by atoms with E-state index in [0.29, 0.717) is 21.4 Å². The van der Waals surface area contributed by atoms with Crippen molar-refractivity contribution in [3.63, 3.8) is 0 Å². The molecular weight excluding hydrogens is 343 g/mol. The lowest BCUT2D eigenvalue weighted by molar-refractivity contribution is -0.118. The first kappa shape index (κ1) is 17.0. The van der Waals surface area contributed by atoms with Crippen LogP contribution in [0.3, 0.4) is 0 Å². The largest absolute Gasteiger partial charge is 0.324 e. The summed E-state index contributed by atoms with van der Waals surface area (Å²) in [6, 6.07) is 12.4. The van der Waals surface area contributed by atoms with Gasteiger partial charge in [-0.05, 0) is 30.2 Å². The zero-order chi connectivity index (χ0) is 17.3. The Hall–Kier alpha value is -1.84. The van der Waals surface area contributed by atoms with Gasteiger partial charge < -0.3 is 5.32 Å². The number of anilines is 1. The molecule has 1 N–H and O–H groups in total. The second kappa shape index (κ2) is 6.96. The lowest BCUT2D eigenvalue weighted by Crippen LogP contribution is -2.31. The Labute approximate surface area is 151 Å². The summed E-state index contributed by atoms with van der Waals surface area (Å²) >= 11 is 12.6. The molecule has 1 heterocycles. The van der Waals surface area contributed by atoms with Crippen molar-refractivity contribution in [2.75, 3.05) is 5.32 Å². The van der Waals surface area contributed by atoms with Crippen LogP contribution < -0.4 is 5.32 Å². The van der Waals surface area contributed by atoms with Gasteiger partial charge in [-0.2, -0.15) is 0 Å². The quantitative estimate of drug-likeness (QED) is 0.802. The third-order valence-corrected chi connectivity index (χ3v) is 4.91. The van der Waals surface area contributed by atoms with E-state index in [1.54, 1.807) is 12.1 Å². The first-order chi connectivity index (χ1) is 11.5. The van der Waals surface area contributed by atoms with Gasteiger partial charge in [-0.25, -0.2) is 0 Å². The highest BCUT2D eigenvalue weighted by Crippen LogP contribution is 2.31. The minimum atomic E-state index is -0.465. The molecule has 0 saturated carbocycles. The van der Waals surface area contributed by atoms with Crippen molar-refractivity contribution in [3.05, 3.63) is 63.6 Å². The van der Waals surface area contributed by atoms with E-state index >= 15 is 0 Å². The van der Waals surface area contributed by atoms with Crippen LogP contribution in [0.4, 0.5) is 5.69 Å². The number of carbonyl (C=O) groups excluding carboxylic acids is 1. The first-order valence-corrected chi connectivity index (χ1v) is 8.70. The van der Waals surface area contributed by atoms with Crippen LogP contribution in [-0.4, -0.2) is 17.7 Å². The number of nitrogens with one attached hydrogen (secondary N) is 1. The van der Waals surface area contributed by atoms with Crippen LogP contribution in [-0.2, 0) is 4.79 Å². The van der Waals surface area contributed by atoms with Crippen LogP contribution in [0.15, 0.2) is 47.5 Å². The summed E-state index contributed by atoms with van der Waals surface area (Å²) in [6.07, 6.45) is 0.856. The fourth-order valence-corrected chi connectivity index (χ4v) is 3.17.